The summed E-state index contributed by atoms with van der Waals surface area (Å²) in [5, 5.41) is 0. The van der Waals surface area contributed by atoms with Gasteiger partial charge in [-0.05, 0) is 39.8 Å². The fraction of sp³-hybridized carbons (Fsp3) is 0.353. The van der Waals surface area contributed by atoms with Gasteiger partial charge >= 0.3 is 5.97 Å². The second-order valence-electron chi connectivity index (χ2n) is 6.32. The number of halogens is 2. The molecule has 1 aromatic carbocycles. The lowest BCUT2D eigenvalue weighted by Gasteiger charge is -2.16. The summed E-state index contributed by atoms with van der Waals surface area (Å²) in [5.74, 6) is -4.26. The minimum Gasteiger partial charge on any atom is -0.454 e. The Kier molecular flexibility index (Phi) is 6.38. The average Bonchev–Trinajstić information content (AvgIpc) is 2.42. The zero-order valence-corrected chi connectivity index (χ0v) is 14.5. The molecule has 8 heteroatoms. The smallest absolute Gasteiger partial charge is 0.344 e. The van der Waals surface area contributed by atoms with Crippen molar-refractivity contribution in [1.29, 1.82) is 0 Å². The highest BCUT2D eigenvalue weighted by Gasteiger charge is 2.23. The van der Waals surface area contributed by atoms with E-state index in [1.807, 2.05) is 0 Å². The number of ether oxygens (including phenoxy) is 1. The van der Waals surface area contributed by atoms with Crippen molar-refractivity contribution >= 4 is 17.6 Å². The maximum Gasteiger partial charge on any atom is 0.344 e. The third-order valence-corrected chi connectivity index (χ3v) is 2.89. The normalized spacial score (nSPS) is 13.3. The number of benzene rings is 1. The first kappa shape index (κ1) is 20.3. The average molecular weight is 353 g/mol. The summed E-state index contributed by atoms with van der Waals surface area (Å²) < 4.78 is 31.9. The number of nitrogens with zero attached hydrogens (tertiary/aromatic N) is 1. The first-order valence-electron chi connectivity index (χ1n) is 7.40. The van der Waals surface area contributed by atoms with Gasteiger partial charge in [-0.2, -0.15) is 0 Å². The molecule has 1 rings (SSSR count). The van der Waals surface area contributed by atoms with E-state index in [4.69, 9.17) is 16.2 Å². The molecule has 0 saturated carbocycles. The number of allylic oxidation sites excluding steroid dienone is 1. The number of Topliss-reactive ketones (excluding diaryl/α,β-unsaturated/α-hetero) is 1. The van der Waals surface area contributed by atoms with E-state index in [-0.39, 0.29) is 17.1 Å². The Balaban J connectivity index is 2.96. The van der Waals surface area contributed by atoms with Crippen LogP contribution in [0.4, 0.5) is 8.78 Å². The van der Waals surface area contributed by atoms with E-state index in [9.17, 15) is 18.4 Å². The highest BCUT2D eigenvalue weighted by Crippen LogP contribution is 2.14. The summed E-state index contributed by atoms with van der Waals surface area (Å²) >= 11 is 0. The Bertz CT molecular complexity index is 726. The molecule has 136 valence electrons. The minimum atomic E-state index is -1.04. The van der Waals surface area contributed by atoms with Gasteiger partial charge in [-0.25, -0.2) is 13.6 Å². The van der Waals surface area contributed by atoms with E-state index >= 15 is 0 Å². The SMILES string of the molecule is CC(N)=C(C(=O)OCC(=O)c1c(F)cccc1F)C(N)=NC(C)(C)C. The van der Waals surface area contributed by atoms with Crippen molar-refractivity contribution in [3.8, 4) is 0 Å². The first-order chi connectivity index (χ1) is 11.4. The van der Waals surface area contributed by atoms with Crippen LogP contribution in [0, 0.1) is 11.6 Å². The van der Waals surface area contributed by atoms with Crippen molar-refractivity contribution in [2.45, 2.75) is 33.2 Å². The van der Waals surface area contributed by atoms with Gasteiger partial charge in [0.05, 0.1) is 11.1 Å². The number of amidine groups is 1. The van der Waals surface area contributed by atoms with E-state index < -0.39 is 41.1 Å². The Morgan fingerprint density at radius 2 is 1.68 bits per heavy atom. The molecule has 1 aromatic rings. The number of carbonyl (C=O) groups excluding carboxylic acids is 2. The van der Waals surface area contributed by atoms with E-state index in [2.05, 4.69) is 4.99 Å². The fourth-order valence-electron chi connectivity index (χ4n) is 1.92. The van der Waals surface area contributed by atoms with Crippen LogP contribution in [0.3, 0.4) is 0 Å². The molecule has 0 fully saturated rings. The first-order valence-corrected chi connectivity index (χ1v) is 7.40. The third-order valence-electron chi connectivity index (χ3n) is 2.89. The second-order valence-corrected chi connectivity index (χ2v) is 6.32. The number of carbonyl (C=O) groups is 2. The highest BCUT2D eigenvalue weighted by atomic mass is 19.1. The Labute approximate surface area is 144 Å². The molecule has 4 N–H and O–H groups in total. The summed E-state index contributed by atoms with van der Waals surface area (Å²) in [6, 6.07) is 2.98. The lowest BCUT2D eigenvalue weighted by molar-refractivity contribution is -0.137. The van der Waals surface area contributed by atoms with E-state index in [1.54, 1.807) is 20.8 Å². The van der Waals surface area contributed by atoms with Gasteiger partial charge in [-0.15, -0.1) is 0 Å². The topological polar surface area (TPSA) is 108 Å². The molecule has 0 unspecified atom stereocenters. The summed E-state index contributed by atoms with van der Waals surface area (Å²) in [6.07, 6.45) is 0. The van der Waals surface area contributed by atoms with Gasteiger partial charge < -0.3 is 16.2 Å². The number of hydrogen-bond acceptors (Lipinski definition) is 5. The number of aliphatic imine (C=N–C) groups is 1. The molecule has 0 aromatic heterocycles. The molecule has 0 radical (unpaired) electrons. The van der Waals surface area contributed by atoms with Gasteiger partial charge in [0.25, 0.3) is 0 Å². The van der Waals surface area contributed by atoms with Gasteiger partial charge in [-0.1, -0.05) is 6.07 Å². The number of rotatable bonds is 5. The monoisotopic (exact) mass is 353 g/mol. The zero-order chi connectivity index (χ0) is 19.4. The van der Waals surface area contributed by atoms with Crippen LogP contribution in [0.1, 0.15) is 38.1 Å². The molecule has 0 aliphatic rings. The molecule has 25 heavy (non-hydrogen) atoms. The molecule has 0 spiro atoms. The molecule has 0 aliphatic heterocycles. The van der Waals surface area contributed by atoms with Crippen molar-refractivity contribution in [3.05, 3.63) is 46.7 Å². The van der Waals surface area contributed by atoms with E-state index in [0.717, 1.165) is 18.2 Å². The second kappa shape index (κ2) is 7.87. The van der Waals surface area contributed by atoms with Gasteiger partial charge in [0.15, 0.2) is 6.61 Å². The minimum absolute atomic E-state index is 0.0417. The Morgan fingerprint density at radius 1 is 1.16 bits per heavy atom. The van der Waals surface area contributed by atoms with Crippen LogP contribution in [0.5, 0.6) is 0 Å². The van der Waals surface area contributed by atoms with Crippen LogP contribution in [-0.2, 0) is 9.53 Å². The predicted octanol–water partition coefficient (Wildman–Crippen LogP) is 2.08. The van der Waals surface area contributed by atoms with Crippen molar-refractivity contribution in [2.75, 3.05) is 6.61 Å². The summed E-state index contributed by atoms with van der Waals surface area (Å²) in [4.78, 5) is 28.2. The number of ketones is 1. The molecule has 0 atom stereocenters. The van der Waals surface area contributed by atoms with Crippen LogP contribution in [-0.4, -0.2) is 29.7 Å². The van der Waals surface area contributed by atoms with Gasteiger partial charge in [0.2, 0.25) is 5.78 Å². The van der Waals surface area contributed by atoms with Crippen LogP contribution in [0.15, 0.2) is 34.5 Å². The fourth-order valence-corrected chi connectivity index (χ4v) is 1.92. The molecular weight excluding hydrogens is 332 g/mol. The largest absolute Gasteiger partial charge is 0.454 e. The summed E-state index contributed by atoms with van der Waals surface area (Å²) in [7, 11) is 0. The van der Waals surface area contributed by atoms with Crippen LogP contribution >= 0.6 is 0 Å². The van der Waals surface area contributed by atoms with Crippen LogP contribution in [0.25, 0.3) is 0 Å². The maximum absolute atomic E-state index is 13.6. The molecule has 0 aliphatic carbocycles. The van der Waals surface area contributed by atoms with E-state index in [1.165, 1.54) is 6.92 Å². The lowest BCUT2D eigenvalue weighted by atomic mass is 10.1. The zero-order valence-electron chi connectivity index (χ0n) is 14.5. The predicted molar refractivity (Wildman–Crippen MR) is 89.9 cm³/mol. The molecule has 0 heterocycles. The van der Waals surface area contributed by atoms with E-state index in [0.29, 0.717) is 0 Å². The van der Waals surface area contributed by atoms with Gasteiger partial charge in [-0.3, -0.25) is 9.79 Å². The molecule has 0 bridgehead atoms. The number of esters is 1. The standard InChI is InChI=1S/C17H21F2N3O3/c1-9(20)13(15(21)22-17(2,3)4)16(24)25-8-12(23)14-10(18)6-5-7-11(14)19/h5-7H,8,20H2,1-4H3,(H2,21,22). The molecule has 6 nitrogen and oxygen atoms in total. The van der Waals surface area contributed by atoms with Gasteiger partial charge in [0, 0.05) is 5.70 Å². The van der Waals surface area contributed by atoms with Crippen molar-refractivity contribution < 1.29 is 23.1 Å². The molecule has 0 amide bonds. The third kappa shape index (κ3) is 5.66. The van der Waals surface area contributed by atoms with Gasteiger partial charge in [0.1, 0.15) is 23.0 Å². The lowest BCUT2D eigenvalue weighted by Crippen LogP contribution is -2.30. The number of hydrogen-bond donors (Lipinski definition) is 2. The summed E-state index contributed by atoms with van der Waals surface area (Å²) in [5.41, 5.74) is 9.91. The summed E-state index contributed by atoms with van der Waals surface area (Å²) in [6.45, 7) is 5.84. The maximum atomic E-state index is 13.6. The van der Waals surface area contributed by atoms with Crippen LogP contribution in [0.2, 0.25) is 0 Å². The Hall–Kier alpha value is -2.77. The Morgan fingerprint density at radius 3 is 2.12 bits per heavy atom. The highest BCUT2D eigenvalue weighted by molar-refractivity contribution is 6.19. The van der Waals surface area contributed by atoms with Crippen molar-refractivity contribution in [1.82, 2.24) is 0 Å². The van der Waals surface area contributed by atoms with Crippen LogP contribution < -0.4 is 11.5 Å². The van der Waals surface area contributed by atoms with Crippen molar-refractivity contribution in [2.24, 2.45) is 16.5 Å². The molecule has 0 saturated heterocycles. The number of nitrogens with two attached hydrogens (primary N) is 2. The molecular formula is C17H21F2N3O3. The van der Waals surface area contributed by atoms with Crippen molar-refractivity contribution in [3.63, 3.8) is 0 Å². The quantitative estimate of drug-likeness (QED) is 0.277.